The van der Waals surface area contributed by atoms with Crippen molar-refractivity contribution in [2.45, 2.75) is 19.9 Å². The molecule has 0 spiro atoms. The number of nitrogens with two attached hydrogens (primary N) is 1. The van der Waals surface area contributed by atoms with E-state index in [1.165, 1.54) is 17.4 Å². The van der Waals surface area contributed by atoms with E-state index in [1.807, 2.05) is 17.5 Å². The van der Waals surface area contributed by atoms with Crippen molar-refractivity contribution in [3.8, 4) is 10.6 Å². The fourth-order valence-electron chi connectivity index (χ4n) is 2.11. The Bertz CT molecular complexity index is 929. The van der Waals surface area contributed by atoms with Gasteiger partial charge in [0.15, 0.2) is 5.82 Å². The van der Waals surface area contributed by atoms with E-state index < -0.39 is 17.5 Å². The molecule has 3 aromatic rings. The fraction of sp³-hybridized carbons (Fsp3) is 0.200. The summed E-state index contributed by atoms with van der Waals surface area (Å²) in [7, 11) is 0. The van der Waals surface area contributed by atoms with Gasteiger partial charge in [-0.05, 0) is 31.4 Å². The SMILES string of the molecule is Cc1cc(NC(=O)C(C)n2nc(-c3cccs3)cc(N)c2=O)no1. The Morgan fingerprint density at radius 1 is 1.46 bits per heavy atom. The number of nitrogen functional groups attached to an aromatic ring is 1. The van der Waals surface area contributed by atoms with Gasteiger partial charge in [0.2, 0.25) is 5.91 Å². The van der Waals surface area contributed by atoms with E-state index in [9.17, 15) is 9.59 Å². The van der Waals surface area contributed by atoms with E-state index in [0.29, 0.717) is 11.5 Å². The molecular weight excluding hydrogens is 330 g/mol. The number of nitrogens with zero attached hydrogens (tertiary/aromatic N) is 3. The Morgan fingerprint density at radius 3 is 2.88 bits per heavy atom. The molecule has 0 saturated carbocycles. The number of rotatable bonds is 4. The predicted molar refractivity (Wildman–Crippen MR) is 90.8 cm³/mol. The van der Waals surface area contributed by atoms with Crippen LogP contribution in [0.5, 0.6) is 0 Å². The van der Waals surface area contributed by atoms with E-state index >= 15 is 0 Å². The summed E-state index contributed by atoms with van der Waals surface area (Å²) in [6.07, 6.45) is 0. The topological polar surface area (TPSA) is 116 Å². The molecule has 3 N–H and O–H groups in total. The molecule has 0 bridgehead atoms. The Balaban J connectivity index is 1.92. The maximum Gasteiger partial charge on any atom is 0.290 e. The Morgan fingerprint density at radius 2 is 2.25 bits per heavy atom. The molecule has 0 aromatic carbocycles. The van der Waals surface area contributed by atoms with E-state index in [-0.39, 0.29) is 11.5 Å². The van der Waals surface area contributed by atoms with Crippen molar-refractivity contribution in [2.75, 3.05) is 11.1 Å². The van der Waals surface area contributed by atoms with Crippen LogP contribution in [-0.4, -0.2) is 20.8 Å². The minimum absolute atomic E-state index is 0.0327. The van der Waals surface area contributed by atoms with Crippen molar-refractivity contribution < 1.29 is 9.32 Å². The van der Waals surface area contributed by atoms with Gasteiger partial charge in [-0.2, -0.15) is 5.10 Å². The summed E-state index contributed by atoms with van der Waals surface area (Å²) in [6, 6.07) is 5.96. The molecule has 0 fully saturated rings. The molecule has 3 heterocycles. The van der Waals surface area contributed by atoms with E-state index in [1.54, 1.807) is 19.9 Å². The summed E-state index contributed by atoms with van der Waals surface area (Å²) in [5, 5.41) is 12.4. The number of anilines is 2. The Hall–Kier alpha value is -2.94. The number of amides is 1. The number of aryl methyl sites for hydroxylation is 1. The molecule has 1 atom stereocenters. The summed E-state index contributed by atoms with van der Waals surface area (Å²) in [5.74, 6) is 0.401. The number of hydrogen-bond donors (Lipinski definition) is 2. The zero-order chi connectivity index (χ0) is 17.3. The lowest BCUT2D eigenvalue weighted by molar-refractivity contribution is -0.119. The average Bonchev–Trinajstić information content (AvgIpc) is 3.21. The number of carbonyl (C=O) groups is 1. The van der Waals surface area contributed by atoms with Crippen LogP contribution in [0.15, 0.2) is 39.0 Å². The monoisotopic (exact) mass is 345 g/mol. The Labute approximate surface area is 140 Å². The highest BCUT2D eigenvalue weighted by Gasteiger charge is 2.21. The average molecular weight is 345 g/mol. The lowest BCUT2D eigenvalue weighted by Crippen LogP contribution is -2.34. The number of carbonyl (C=O) groups excluding carboxylic acids is 1. The fourth-order valence-corrected chi connectivity index (χ4v) is 2.79. The maximum atomic E-state index is 12.4. The summed E-state index contributed by atoms with van der Waals surface area (Å²) in [6.45, 7) is 3.28. The van der Waals surface area contributed by atoms with Gasteiger partial charge in [0.25, 0.3) is 5.56 Å². The predicted octanol–water partition coefficient (Wildman–Crippen LogP) is 2.05. The van der Waals surface area contributed by atoms with Crippen molar-refractivity contribution in [1.82, 2.24) is 14.9 Å². The lowest BCUT2D eigenvalue weighted by atomic mass is 10.2. The zero-order valence-electron chi connectivity index (χ0n) is 13.0. The van der Waals surface area contributed by atoms with Gasteiger partial charge in [0, 0.05) is 6.07 Å². The molecule has 3 aromatic heterocycles. The van der Waals surface area contributed by atoms with Crippen LogP contribution in [0, 0.1) is 6.92 Å². The largest absolute Gasteiger partial charge is 0.394 e. The summed E-state index contributed by atoms with van der Waals surface area (Å²) in [5.41, 5.74) is 5.85. The second-order valence-electron chi connectivity index (χ2n) is 5.20. The minimum atomic E-state index is -0.864. The molecule has 124 valence electrons. The highest BCUT2D eigenvalue weighted by atomic mass is 32.1. The van der Waals surface area contributed by atoms with Crippen molar-refractivity contribution in [3.63, 3.8) is 0 Å². The van der Waals surface area contributed by atoms with E-state index in [2.05, 4.69) is 15.6 Å². The smallest absolute Gasteiger partial charge is 0.290 e. The summed E-state index contributed by atoms with van der Waals surface area (Å²) >= 11 is 1.47. The Kier molecular flexibility index (Phi) is 4.17. The molecule has 24 heavy (non-hydrogen) atoms. The molecule has 3 rings (SSSR count). The van der Waals surface area contributed by atoms with Gasteiger partial charge in [-0.3, -0.25) is 9.59 Å². The first-order valence-corrected chi connectivity index (χ1v) is 8.01. The third kappa shape index (κ3) is 3.06. The molecule has 0 saturated heterocycles. The van der Waals surface area contributed by atoms with Crippen LogP contribution in [-0.2, 0) is 4.79 Å². The number of nitrogens with one attached hydrogen (secondary N) is 1. The van der Waals surface area contributed by atoms with E-state index in [0.717, 1.165) is 9.56 Å². The van der Waals surface area contributed by atoms with Crippen molar-refractivity contribution in [2.24, 2.45) is 0 Å². The highest BCUT2D eigenvalue weighted by molar-refractivity contribution is 7.13. The molecule has 0 radical (unpaired) electrons. The minimum Gasteiger partial charge on any atom is -0.394 e. The van der Waals surface area contributed by atoms with E-state index in [4.69, 9.17) is 10.3 Å². The highest BCUT2D eigenvalue weighted by Crippen LogP contribution is 2.23. The summed E-state index contributed by atoms with van der Waals surface area (Å²) < 4.78 is 5.97. The number of aromatic nitrogens is 3. The van der Waals surface area contributed by atoms with Gasteiger partial charge in [0.1, 0.15) is 23.2 Å². The number of thiophene rings is 1. The molecular formula is C15H15N5O3S. The maximum absolute atomic E-state index is 12.4. The molecule has 0 aliphatic rings. The zero-order valence-corrected chi connectivity index (χ0v) is 13.8. The molecule has 1 unspecified atom stereocenters. The second kappa shape index (κ2) is 6.28. The van der Waals surface area contributed by atoms with Gasteiger partial charge in [-0.1, -0.05) is 11.2 Å². The second-order valence-corrected chi connectivity index (χ2v) is 6.15. The van der Waals surface area contributed by atoms with Crippen molar-refractivity contribution in [1.29, 1.82) is 0 Å². The van der Waals surface area contributed by atoms with Crippen molar-refractivity contribution in [3.05, 3.63) is 45.8 Å². The number of hydrogen-bond acceptors (Lipinski definition) is 7. The first-order chi connectivity index (χ1) is 11.5. The standard InChI is InChI=1S/C15H15N5O3S/c1-8-6-13(19-23-8)17-14(21)9(2)20-15(22)10(16)7-11(18-20)12-4-3-5-24-12/h3-7,9H,16H2,1-2H3,(H,17,19,21). The molecule has 1 amide bonds. The van der Waals surface area contributed by atoms with Gasteiger partial charge in [-0.15, -0.1) is 11.3 Å². The van der Waals surface area contributed by atoms with Crippen LogP contribution in [0.1, 0.15) is 18.7 Å². The first kappa shape index (κ1) is 15.9. The molecule has 0 aliphatic heterocycles. The quantitative estimate of drug-likeness (QED) is 0.747. The third-order valence-corrected chi connectivity index (χ3v) is 4.25. The van der Waals surface area contributed by atoms with Crippen LogP contribution in [0.25, 0.3) is 10.6 Å². The van der Waals surface area contributed by atoms with Gasteiger partial charge >= 0.3 is 0 Å². The van der Waals surface area contributed by atoms with Crippen LogP contribution in [0.2, 0.25) is 0 Å². The van der Waals surface area contributed by atoms with Gasteiger partial charge in [-0.25, -0.2) is 4.68 Å². The third-order valence-electron chi connectivity index (χ3n) is 3.36. The first-order valence-electron chi connectivity index (χ1n) is 7.13. The van der Waals surface area contributed by atoms with Crippen LogP contribution in [0.4, 0.5) is 11.5 Å². The molecule has 0 aliphatic carbocycles. The summed E-state index contributed by atoms with van der Waals surface area (Å²) in [4.78, 5) is 25.5. The van der Waals surface area contributed by atoms with Crippen LogP contribution < -0.4 is 16.6 Å². The molecule has 8 nitrogen and oxygen atoms in total. The normalized spacial score (nSPS) is 12.1. The van der Waals surface area contributed by atoms with Crippen LogP contribution >= 0.6 is 11.3 Å². The van der Waals surface area contributed by atoms with Crippen LogP contribution in [0.3, 0.4) is 0 Å². The van der Waals surface area contributed by atoms with Gasteiger partial charge < -0.3 is 15.6 Å². The lowest BCUT2D eigenvalue weighted by Gasteiger charge is -2.14. The van der Waals surface area contributed by atoms with Gasteiger partial charge in [0.05, 0.1) is 4.88 Å². The molecule has 9 heteroatoms. The van der Waals surface area contributed by atoms with Crippen molar-refractivity contribution >= 4 is 28.7 Å².